The molecular weight excluding hydrogens is 280 g/mol. The highest BCUT2D eigenvalue weighted by atomic mass is 35.5. The van der Waals surface area contributed by atoms with Gasteiger partial charge in [0, 0.05) is 6.20 Å². The SMILES string of the molecule is O=C(O)CC1(NC(=O)c2ccc(Cl)nc2)CCCCC1. The monoisotopic (exact) mass is 296 g/mol. The summed E-state index contributed by atoms with van der Waals surface area (Å²) in [4.78, 5) is 27.1. The van der Waals surface area contributed by atoms with Crippen LogP contribution >= 0.6 is 11.6 Å². The van der Waals surface area contributed by atoms with Crippen LogP contribution in [0.1, 0.15) is 48.9 Å². The van der Waals surface area contributed by atoms with Crippen LogP contribution in [0.3, 0.4) is 0 Å². The van der Waals surface area contributed by atoms with Gasteiger partial charge in [0.1, 0.15) is 5.15 Å². The van der Waals surface area contributed by atoms with Crippen molar-refractivity contribution in [1.29, 1.82) is 0 Å². The third-order valence-electron chi connectivity index (χ3n) is 3.67. The summed E-state index contributed by atoms with van der Waals surface area (Å²) < 4.78 is 0. The zero-order chi connectivity index (χ0) is 14.6. The molecule has 1 aliphatic rings. The number of hydrogen-bond acceptors (Lipinski definition) is 3. The van der Waals surface area contributed by atoms with Crippen molar-refractivity contribution in [2.75, 3.05) is 0 Å². The molecule has 6 heteroatoms. The number of carboxylic acids is 1. The molecule has 1 aromatic rings. The first-order valence-electron chi connectivity index (χ1n) is 6.67. The zero-order valence-corrected chi connectivity index (χ0v) is 11.8. The van der Waals surface area contributed by atoms with Crippen LogP contribution in [-0.2, 0) is 4.79 Å². The molecule has 1 aliphatic carbocycles. The van der Waals surface area contributed by atoms with E-state index in [-0.39, 0.29) is 12.3 Å². The van der Waals surface area contributed by atoms with Gasteiger partial charge in [0.05, 0.1) is 17.5 Å². The van der Waals surface area contributed by atoms with Crippen LogP contribution in [0.2, 0.25) is 5.15 Å². The lowest BCUT2D eigenvalue weighted by molar-refractivity contribution is -0.139. The summed E-state index contributed by atoms with van der Waals surface area (Å²) in [6.07, 6.45) is 5.71. The van der Waals surface area contributed by atoms with Crippen LogP contribution in [0.15, 0.2) is 18.3 Å². The highest BCUT2D eigenvalue weighted by Gasteiger charge is 2.36. The standard InChI is InChI=1S/C14H17ClN2O3/c15-11-5-4-10(9-16-11)13(20)17-14(8-12(18)19)6-2-1-3-7-14/h4-5,9H,1-3,6-8H2,(H,17,20)(H,18,19). The number of nitrogens with one attached hydrogen (secondary N) is 1. The smallest absolute Gasteiger partial charge is 0.305 e. The Bertz CT molecular complexity index is 496. The van der Waals surface area contributed by atoms with Gasteiger partial charge in [-0.3, -0.25) is 9.59 Å². The van der Waals surface area contributed by atoms with E-state index in [0.29, 0.717) is 23.6 Å². The maximum Gasteiger partial charge on any atom is 0.305 e. The molecule has 1 fully saturated rings. The van der Waals surface area contributed by atoms with Crippen molar-refractivity contribution < 1.29 is 14.7 Å². The second kappa shape index (κ2) is 6.22. The average Bonchev–Trinajstić information content (AvgIpc) is 2.39. The molecule has 0 spiro atoms. The van der Waals surface area contributed by atoms with Gasteiger partial charge in [-0.1, -0.05) is 30.9 Å². The minimum atomic E-state index is -0.888. The van der Waals surface area contributed by atoms with E-state index >= 15 is 0 Å². The molecule has 0 radical (unpaired) electrons. The summed E-state index contributed by atoms with van der Waals surface area (Å²) in [7, 11) is 0. The van der Waals surface area contributed by atoms with Crippen LogP contribution in [-0.4, -0.2) is 27.5 Å². The van der Waals surface area contributed by atoms with E-state index in [0.717, 1.165) is 19.3 Å². The lowest BCUT2D eigenvalue weighted by atomic mass is 9.79. The lowest BCUT2D eigenvalue weighted by Crippen LogP contribution is -2.51. The number of aromatic nitrogens is 1. The highest BCUT2D eigenvalue weighted by molar-refractivity contribution is 6.29. The fraction of sp³-hybridized carbons (Fsp3) is 0.500. The molecule has 5 nitrogen and oxygen atoms in total. The summed E-state index contributed by atoms with van der Waals surface area (Å²) in [5.41, 5.74) is -0.245. The Morgan fingerprint density at radius 1 is 1.30 bits per heavy atom. The molecule has 2 rings (SSSR count). The van der Waals surface area contributed by atoms with Crippen LogP contribution in [0.5, 0.6) is 0 Å². The Labute approximate surface area is 122 Å². The number of hydrogen-bond donors (Lipinski definition) is 2. The Hall–Kier alpha value is -1.62. The zero-order valence-electron chi connectivity index (χ0n) is 11.1. The third-order valence-corrected chi connectivity index (χ3v) is 3.89. The van der Waals surface area contributed by atoms with Crippen molar-refractivity contribution in [2.24, 2.45) is 0 Å². The van der Waals surface area contributed by atoms with Gasteiger partial charge in [0.2, 0.25) is 0 Å². The number of rotatable bonds is 4. The van der Waals surface area contributed by atoms with Crippen LogP contribution in [0.25, 0.3) is 0 Å². The third kappa shape index (κ3) is 3.70. The fourth-order valence-corrected chi connectivity index (χ4v) is 2.80. The van der Waals surface area contributed by atoms with Crippen LogP contribution < -0.4 is 5.32 Å². The molecular formula is C14H17ClN2O3. The summed E-state index contributed by atoms with van der Waals surface area (Å²) in [5.74, 6) is -1.18. The number of carbonyl (C=O) groups excluding carboxylic acids is 1. The Balaban J connectivity index is 2.12. The van der Waals surface area contributed by atoms with E-state index in [4.69, 9.17) is 16.7 Å². The van der Waals surface area contributed by atoms with Crippen molar-refractivity contribution >= 4 is 23.5 Å². The normalized spacial score (nSPS) is 17.4. The van der Waals surface area contributed by atoms with Crippen molar-refractivity contribution in [3.05, 3.63) is 29.0 Å². The fourth-order valence-electron chi connectivity index (χ4n) is 2.69. The van der Waals surface area contributed by atoms with Gasteiger partial charge in [0.25, 0.3) is 5.91 Å². The molecule has 0 saturated heterocycles. The molecule has 1 heterocycles. The van der Waals surface area contributed by atoms with Gasteiger partial charge in [-0.15, -0.1) is 0 Å². The average molecular weight is 297 g/mol. The van der Waals surface area contributed by atoms with Gasteiger partial charge < -0.3 is 10.4 Å². The molecule has 20 heavy (non-hydrogen) atoms. The number of halogens is 1. The quantitative estimate of drug-likeness (QED) is 0.837. The lowest BCUT2D eigenvalue weighted by Gasteiger charge is -2.37. The molecule has 1 aromatic heterocycles. The Morgan fingerprint density at radius 2 is 2.00 bits per heavy atom. The summed E-state index contributed by atoms with van der Waals surface area (Å²) in [6, 6.07) is 3.13. The van der Waals surface area contributed by atoms with Crippen LogP contribution in [0.4, 0.5) is 0 Å². The Kier molecular flexibility index (Phi) is 4.60. The first kappa shape index (κ1) is 14.8. The van der Waals surface area contributed by atoms with Gasteiger partial charge in [0.15, 0.2) is 0 Å². The molecule has 2 N–H and O–H groups in total. The van der Waals surface area contributed by atoms with Crippen molar-refractivity contribution in [2.45, 2.75) is 44.1 Å². The van der Waals surface area contributed by atoms with Crippen molar-refractivity contribution in [3.8, 4) is 0 Å². The van der Waals surface area contributed by atoms with E-state index in [1.54, 1.807) is 12.1 Å². The maximum atomic E-state index is 12.2. The van der Waals surface area contributed by atoms with Gasteiger partial charge in [-0.25, -0.2) is 4.98 Å². The maximum absolute atomic E-state index is 12.2. The summed E-state index contributed by atoms with van der Waals surface area (Å²) >= 11 is 5.68. The molecule has 0 unspecified atom stereocenters. The predicted molar refractivity (Wildman–Crippen MR) is 74.8 cm³/mol. The molecule has 0 aliphatic heterocycles. The molecule has 108 valence electrons. The highest BCUT2D eigenvalue weighted by Crippen LogP contribution is 2.31. The number of carbonyl (C=O) groups is 2. The number of nitrogens with zero attached hydrogens (tertiary/aromatic N) is 1. The first-order chi connectivity index (χ1) is 9.51. The number of pyridine rings is 1. The van der Waals surface area contributed by atoms with Gasteiger partial charge in [-0.05, 0) is 25.0 Å². The van der Waals surface area contributed by atoms with E-state index in [1.165, 1.54) is 6.20 Å². The number of aliphatic carboxylic acids is 1. The Morgan fingerprint density at radius 3 is 2.55 bits per heavy atom. The number of amides is 1. The van der Waals surface area contributed by atoms with Crippen molar-refractivity contribution in [1.82, 2.24) is 10.3 Å². The summed E-state index contributed by atoms with van der Waals surface area (Å²) in [6.45, 7) is 0. The summed E-state index contributed by atoms with van der Waals surface area (Å²) in [5, 5.41) is 12.3. The minimum Gasteiger partial charge on any atom is -0.481 e. The number of carboxylic acid groups (broad SMARTS) is 1. The molecule has 0 bridgehead atoms. The molecule has 0 atom stereocenters. The van der Waals surface area contributed by atoms with Crippen LogP contribution in [0, 0.1) is 0 Å². The van der Waals surface area contributed by atoms with E-state index in [9.17, 15) is 9.59 Å². The molecule has 1 saturated carbocycles. The van der Waals surface area contributed by atoms with Crippen molar-refractivity contribution in [3.63, 3.8) is 0 Å². The van der Waals surface area contributed by atoms with Gasteiger partial charge >= 0.3 is 5.97 Å². The molecule has 1 amide bonds. The second-order valence-electron chi connectivity index (χ2n) is 5.24. The predicted octanol–water partition coefficient (Wildman–Crippen LogP) is 2.64. The minimum absolute atomic E-state index is 0.0419. The van der Waals surface area contributed by atoms with Gasteiger partial charge in [-0.2, -0.15) is 0 Å². The largest absolute Gasteiger partial charge is 0.481 e. The molecule has 0 aromatic carbocycles. The topological polar surface area (TPSA) is 79.3 Å². The van der Waals surface area contributed by atoms with E-state index in [2.05, 4.69) is 10.3 Å². The van der Waals surface area contributed by atoms with E-state index < -0.39 is 11.5 Å². The van der Waals surface area contributed by atoms with E-state index in [1.807, 2.05) is 0 Å². The first-order valence-corrected chi connectivity index (χ1v) is 7.04. The second-order valence-corrected chi connectivity index (χ2v) is 5.62.